The van der Waals surface area contributed by atoms with Crippen LogP contribution in [0.15, 0.2) is 24.3 Å². The molecule has 2 rings (SSSR count). The van der Waals surface area contributed by atoms with Gasteiger partial charge in [-0.05, 0) is 18.4 Å². The van der Waals surface area contributed by atoms with Gasteiger partial charge in [0.25, 0.3) is 5.69 Å². The number of aliphatic carboxylic acids is 1. The van der Waals surface area contributed by atoms with Crippen LogP contribution in [0.5, 0.6) is 0 Å². The molecular formula is C13H15NO4. The molecule has 1 aromatic rings. The van der Waals surface area contributed by atoms with Gasteiger partial charge in [-0.25, -0.2) is 0 Å². The fraction of sp³-hybridized carbons (Fsp3) is 0.462. The van der Waals surface area contributed by atoms with Crippen LogP contribution in [0, 0.1) is 10.1 Å². The number of carboxylic acid groups (broad SMARTS) is 1. The van der Waals surface area contributed by atoms with Gasteiger partial charge in [-0.15, -0.1) is 0 Å². The number of carbonyl (C=O) groups is 1. The van der Waals surface area contributed by atoms with Gasteiger partial charge in [0.15, 0.2) is 0 Å². The van der Waals surface area contributed by atoms with Gasteiger partial charge in [-0.3, -0.25) is 14.9 Å². The van der Waals surface area contributed by atoms with Crippen molar-refractivity contribution in [3.8, 4) is 0 Å². The minimum absolute atomic E-state index is 0.00454. The van der Waals surface area contributed by atoms with E-state index in [1.165, 1.54) is 12.1 Å². The van der Waals surface area contributed by atoms with Crippen molar-refractivity contribution in [1.82, 2.24) is 0 Å². The number of carboxylic acids is 1. The number of hydrogen-bond acceptors (Lipinski definition) is 3. The van der Waals surface area contributed by atoms with Crippen molar-refractivity contribution in [2.75, 3.05) is 0 Å². The maximum absolute atomic E-state index is 11.6. The van der Waals surface area contributed by atoms with E-state index in [1.54, 1.807) is 12.1 Å². The van der Waals surface area contributed by atoms with Crippen molar-refractivity contribution in [3.05, 3.63) is 39.9 Å². The van der Waals surface area contributed by atoms with Crippen LogP contribution < -0.4 is 0 Å². The Labute approximate surface area is 105 Å². The first kappa shape index (κ1) is 12.5. The number of non-ortho nitro benzene ring substituents is 1. The van der Waals surface area contributed by atoms with E-state index in [4.69, 9.17) is 0 Å². The highest BCUT2D eigenvalue weighted by atomic mass is 16.6. The Hall–Kier alpha value is -1.91. The Kier molecular flexibility index (Phi) is 3.32. The minimum Gasteiger partial charge on any atom is -0.481 e. The van der Waals surface area contributed by atoms with Crippen molar-refractivity contribution >= 4 is 11.7 Å². The molecule has 1 aromatic carbocycles. The molecule has 1 aliphatic rings. The molecular weight excluding hydrogens is 234 g/mol. The lowest BCUT2D eigenvalue weighted by Crippen LogP contribution is -2.37. The fourth-order valence-corrected chi connectivity index (χ4v) is 2.68. The van der Waals surface area contributed by atoms with Gasteiger partial charge in [0.1, 0.15) is 0 Å². The van der Waals surface area contributed by atoms with E-state index in [0.29, 0.717) is 18.4 Å². The zero-order valence-corrected chi connectivity index (χ0v) is 9.96. The highest BCUT2D eigenvalue weighted by Crippen LogP contribution is 2.40. The largest absolute Gasteiger partial charge is 0.481 e. The number of hydrogen-bond donors (Lipinski definition) is 1. The van der Waals surface area contributed by atoms with E-state index in [1.807, 2.05) is 0 Å². The average Bonchev–Trinajstić information content (AvgIpc) is 2.39. The van der Waals surface area contributed by atoms with Crippen LogP contribution in [0.2, 0.25) is 0 Å². The van der Waals surface area contributed by atoms with Crippen molar-refractivity contribution < 1.29 is 14.8 Å². The zero-order chi connectivity index (χ0) is 13.2. The average molecular weight is 249 g/mol. The predicted molar refractivity (Wildman–Crippen MR) is 65.5 cm³/mol. The summed E-state index contributed by atoms with van der Waals surface area (Å²) >= 11 is 0. The van der Waals surface area contributed by atoms with Gasteiger partial charge in [0.05, 0.1) is 10.3 Å². The van der Waals surface area contributed by atoms with Crippen LogP contribution in [0.3, 0.4) is 0 Å². The highest BCUT2D eigenvalue weighted by Gasteiger charge is 2.41. The molecule has 1 fully saturated rings. The Balaban J connectivity index is 2.37. The van der Waals surface area contributed by atoms with Crippen LogP contribution in [-0.2, 0) is 10.2 Å². The summed E-state index contributed by atoms with van der Waals surface area (Å²) < 4.78 is 0. The summed E-state index contributed by atoms with van der Waals surface area (Å²) in [7, 11) is 0. The Morgan fingerprint density at radius 1 is 1.17 bits per heavy atom. The molecule has 5 nitrogen and oxygen atoms in total. The summed E-state index contributed by atoms with van der Waals surface area (Å²) in [5.74, 6) is -0.823. The molecule has 0 aliphatic heterocycles. The second-order valence-corrected chi connectivity index (χ2v) is 4.75. The van der Waals surface area contributed by atoms with Gasteiger partial charge < -0.3 is 5.11 Å². The third-order valence-corrected chi connectivity index (χ3v) is 3.75. The molecule has 0 aromatic heterocycles. The Morgan fingerprint density at radius 2 is 1.72 bits per heavy atom. The molecule has 0 unspecified atom stereocenters. The fourth-order valence-electron chi connectivity index (χ4n) is 2.68. The van der Waals surface area contributed by atoms with E-state index in [0.717, 1.165) is 19.3 Å². The zero-order valence-electron chi connectivity index (χ0n) is 9.96. The van der Waals surface area contributed by atoms with Crippen molar-refractivity contribution in [1.29, 1.82) is 0 Å². The van der Waals surface area contributed by atoms with E-state index >= 15 is 0 Å². The normalized spacial score (nSPS) is 18.2. The van der Waals surface area contributed by atoms with Gasteiger partial charge >= 0.3 is 5.97 Å². The molecule has 1 aliphatic carbocycles. The molecule has 0 heterocycles. The lowest BCUT2D eigenvalue weighted by Gasteiger charge is -2.33. The van der Waals surface area contributed by atoms with Crippen LogP contribution in [0.25, 0.3) is 0 Å². The van der Waals surface area contributed by atoms with Gasteiger partial charge in [-0.1, -0.05) is 31.4 Å². The lowest BCUT2D eigenvalue weighted by atomic mass is 9.69. The monoisotopic (exact) mass is 249 g/mol. The third kappa shape index (κ3) is 2.08. The molecule has 0 radical (unpaired) electrons. The third-order valence-electron chi connectivity index (χ3n) is 3.75. The summed E-state index contributed by atoms with van der Waals surface area (Å²) in [5.41, 5.74) is -0.177. The van der Waals surface area contributed by atoms with E-state index in [2.05, 4.69) is 0 Å². The highest BCUT2D eigenvalue weighted by molar-refractivity contribution is 5.81. The molecule has 0 amide bonds. The minimum atomic E-state index is -0.854. The number of nitro groups is 1. The number of benzene rings is 1. The second kappa shape index (κ2) is 4.76. The second-order valence-electron chi connectivity index (χ2n) is 4.75. The molecule has 0 bridgehead atoms. The Morgan fingerprint density at radius 3 is 2.17 bits per heavy atom. The maximum atomic E-state index is 11.6. The number of nitro benzene ring substituents is 1. The Bertz CT molecular complexity index is 460. The molecule has 96 valence electrons. The predicted octanol–water partition coefficient (Wildman–Crippen LogP) is 2.88. The summed E-state index contributed by atoms with van der Waals surface area (Å²) in [6.45, 7) is 0. The standard InChI is InChI=1S/C13H15NO4/c15-12(16)13(8-2-1-3-9-13)10-4-6-11(7-5-10)14(17)18/h4-7H,1-3,8-9H2,(H,15,16). The molecule has 1 N–H and O–H groups in total. The van der Waals surface area contributed by atoms with E-state index in [-0.39, 0.29) is 5.69 Å². The molecule has 5 heteroatoms. The maximum Gasteiger partial charge on any atom is 0.314 e. The smallest absolute Gasteiger partial charge is 0.314 e. The quantitative estimate of drug-likeness (QED) is 0.659. The summed E-state index contributed by atoms with van der Waals surface area (Å²) in [5, 5.41) is 20.1. The SMILES string of the molecule is O=C(O)C1(c2ccc([N+](=O)[O-])cc2)CCCCC1. The molecule has 0 atom stereocenters. The first-order valence-electron chi connectivity index (χ1n) is 6.04. The van der Waals surface area contributed by atoms with Crippen molar-refractivity contribution in [2.24, 2.45) is 0 Å². The topological polar surface area (TPSA) is 80.4 Å². The van der Waals surface area contributed by atoms with Crippen LogP contribution in [0.1, 0.15) is 37.7 Å². The van der Waals surface area contributed by atoms with Crippen molar-refractivity contribution in [3.63, 3.8) is 0 Å². The number of rotatable bonds is 3. The van der Waals surface area contributed by atoms with Crippen LogP contribution in [0.4, 0.5) is 5.69 Å². The summed E-state index contributed by atoms with van der Waals surface area (Å²) in [6, 6.07) is 5.93. The summed E-state index contributed by atoms with van der Waals surface area (Å²) in [4.78, 5) is 21.7. The summed E-state index contributed by atoms with van der Waals surface area (Å²) in [6.07, 6.45) is 4.06. The first-order valence-corrected chi connectivity index (χ1v) is 6.04. The molecule has 1 saturated carbocycles. The van der Waals surface area contributed by atoms with E-state index < -0.39 is 16.3 Å². The number of nitrogens with zero attached hydrogens (tertiary/aromatic N) is 1. The van der Waals surface area contributed by atoms with Crippen molar-refractivity contribution in [2.45, 2.75) is 37.5 Å². The van der Waals surface area contributed by atoms with Crippen LogP contribution in [-0.4, -0.2) is 16.0 Å². The molecule has 0 saturated heterocycles. The van der Waals surface area contributed by atoms with E-state index in [9.17, 15) is 20.0 Å². The van der Waals surface area contributed by atoms with Crippen LogP contribution >= 0.6 is 0 Å². The van der Waals surface area contributed by atoms with Gasteiger partial charge in [0.2, 0.25) is 0 Å². The first-order chi connectivity index (χ1) is 8.56. The van der Waals surface area contributed by atoms with Gasteiger partial charge in [-0.2, -0.15) is 0 Å². The lowest BCUT2D eigenvalue weighted by molar-refractivity contribution is -0.384. The van der Waals surface area contributed by atoms with Gasteiger partial charge in [0, 0.05) is 12.1 Å². The molecule has 0 spiro atoms. The molecule has 18 heavy (non-hydrogen) atoms.